The van der Waals surface area contributed by atoms with Crippen molar-refractivity contribution < 1.29 is 43.8 Å². The number of aliphatic carboxylic acids is 2. The molecule has 30 heavy (non-hydrogen) atoms. The Kier molecular flexibility index (Phi) is 8.13. The van der Waals surface area contributed by atoms with E-state index in [1.165, 1.54) is 0 Å². The number of hydrogen-bond acceptors (Lipinski definition) is 8. The van der Waals surface area contributed by atoms with Crippen LogP contribution in [-0.2, 0) is 28.7 Å². The molecule has 0 radical (unpaired) electrons. The molecule has 0 aromatic rings. The first-order valence-electron chi connectivity index (χ1n) is 10.2. The summed E-state index contributed by atoms with van der Waals surface area (Å²) in [5, 5.41) is 29.6. The molecule has 2 fully saturated rings. The number of hydrogen-bond donors (Lipinski definition) is 2. The van der Waals surface area contributed by atoms with Gasteiger partial charge < -0.3 is 19.7 Å². The summed E-state index contributed by atoms with van der Waals surface area (Å²) in [6, 6.07) is -1.03. The van der Waals surface area contributed by atoms with Crippen LogP contribution in [0.5, 0.6) is 0 Å². The van der Waals surface area contributed by atoms with Crippen molar-refractivity contribution in [2.45, 2.75) is 70.6 Å². The second-order valence-corrected chi connectivity index (χ2v) is 7.85. The molecular weight excluding hydrogens is 402 g/mol. The zero-order valence-electron chi connectivity index (χ0n) is 16.7. The predicted octanol–water partition coefficient (Wildman–Crippen LogP) is 1.85. The van der Waals surface area contributed by atoms with Crippen molar-refractivity contribution in [3.05, 3.63) is 10.1 Å². The summed E-state index contributed by atoms with van der Waals surface area (Å²) in [7, 11) is 0. The van der Waals surface area contributed by atoms with Crippen molar-refractivity contribution >= 4 is 23.9 Å². The SMILES string of the molecule is CCC(OC(=O)C1CCCCC1C(=O)O)OC(=O)C1CCC([N+](=O)[O-])CC1C(=O)O. The van der Waals surface area contributed by atoms with Crippen LogP contribution in [0.1, 0.15) is 58.3 Å². The molecule has 0 amide bonds. The van der Waals surface area contributed by atoms with Gasteiger partial charge in [0, 0.05) is 24.2 Å². The number of ether oxygens (including phenoxy) is 2. The van der Waals surface area contributed by atoms with Crippen LogP contribution in [-0.4, -0.2) is 51.3 Å². The fraction of sp³-hybridized carbons (Fsp3) is 0.789. The highest BCUT2D eigenvalue weighted by Gasteiger charge is 2.45. The highest BCUT2D eigenvalue weighted by atomic mass is 16.7. The average molecular weight is 429 g/mol. The van der Waals surface area contributed by atoms with E-state index >= 15 is 0 Å². The molecule has 0 bridgehead atoms. The average Bonchev–Trinajstić information content (AvgIpc) is 2.72. The quantitative estimate of drug-likeness (QED) is 0.251. The van der Waals surface area contributed by atoms with Crippen LogP contribution in [0.4, 0.5) is 0 Å². The molecule has 0 heterocycles. The minimum absolute atomic E-state index is 0.0183. The Morgan fingerprint density at radius 1 is 0.900 bits per heavy atom. The summed E-state index contributed by atoms with van der Waals surface area (Å²) in [4.78, 5) is 58.3. The fourth-order valence-electron chi connectivity index (χ4n) is 4.23. The number of carboxylic acid groups (broad SMARTS) is 2. The van der Waals surface area contributed by atoms with Crippen molar-refractivity contribution in [2.75, 3.05) is 0 Å². The van der Waals surface area contributed by atoms with Gasteiger partial charge in [0.15, 0.2) is 0 Å². The first-order chi connectivity index (χ1) is 14.1. The number of carbonyl (C=O) groups excluding carboxylic acids is 2. The molecule has 6 atom stereocenters. The van der Waals surface area contributed by atoms with E-state index < -0.39 is 64.8 Å². The molecule has 2 saturated carbocycles. The molecule has 0 aliphatic heterocycles. The summed E-state index contributed by atoms with van der Waals surface area (Å²) < 4.78 is 10.4. The van der Waals surface area contributed by atoms with E-state index in [-0.39, 0.29) is 25.7 Å². The molecule has 0 aromatic carbocycles. The first kappa shape index (κ1) is 23.6. The predicted molar refractivity (Wildman–Crippen MR) is 98.6 cm³/mol. The van der Waals surface area contributed by atoms with Crippen LogP contribution in [0.25, 0.3) is 0 Å². The lowest BCUT2D eigenvalue weighted by Crippen LogP contribution is -2.42. The van der Waals surface area contributed by atoms with Gasteiger partial charge in [-0.15, -0.1) is 0 Å². The summed E-state index contributed by atoms with van der Waals surface area (Å²) in [6.07, 6.45) is 0.716. The normalized spacial score (nSPS) is 30.0. The molecule has 2 aliphatic carbocycles. The van der Waals surface area contributed by atoms with Gasteiger partial charge in [0.25, 0.3) is 0 Å². The largest absolute Gasteiger partial charge is 0.481 e. The molecule has 11 nitrogen and oxygen atoms in total. The highest BCUT2D eigenvalue weighted by Crippen LogP contribution is 2.34. The van der Waals surface area contributed by atoms with Gasteiger partial charge in [-0.1, -0.05) is 19.8 Å². The number of carbonyl (C=O) groups is 4. The maximum absolute atomic E-state index is 12.5. The second-order valence-electron chi connectivity index (χ2n) is 7.85. The van der Waals surface area contributed by atoms with Crippen molar-refractivity contribution in [3.63, 3.8) is 0 Å². The van der Waals surface area contributed by atoms with Gasteiger partial charge in [-0.05, 0) is 19.3 Å². The minimum Gasteiger partial charge on any atom is -0.481 e. The van der Waals surface area contributed by atoms with E-state index in [0.29, 0.717) is 25.7 Å². The lowest BCUT2D eigenvalue weighted by molar-refractivity contribution is -0.528. The Labute approximate surface area is 172 Å². The maximum atomic E-state index is 12.5. The number of esters is 2. The van der Waals surface area contributed by atoms with Crippen LogP contribution in [0.2, 0.25) is 0 Å². The Bertz CT molecular complexity index is 693. The Morgan fingerprint density at radius 2 is 1.40 bits per heavy atom. The first-order valence-corrected chi connectivity index (χ1v) is 10.2. The van der Waals surface area contributed by atoms with E-state index in [2.05, 4.69) is 0 Å². The summed E-state index contributed by atoms with van der Waals surface area (Å²) in [5.74, 6) is -8.05. The van der Waals surface area contributed by atoms with Crippen LogP contribution < -0.4 is 0 Å². The molecule has 2 rings (SSSR count). The smallest absolute Gasteiger partial charge is 0.312 e. The second kappa shape index (κ2) is 10.4. The van der Waals surface area contributed by atoms with Crippen LogP contribution in [0.3, 0.4) is 0 Å². The third-order valence-corrected chi connectivity index (χ3v) is 5.96. The molecule has 0 saturated heterocycles. The number of rotatable bonds is 8. The lowest BCUT2D eigenvalue weighted by atomic mass is 9.77. The van der Waals surface area contributed by atoms with E-state index in [0.717, 1.165) is 0 Å². The van der Waals surface area contributed by atoms with Crippen LogP contribution in [0, 0.1) is 33.8 Å². The molecule has 6 unspecified atom stereocenters. The molecule has 2 aliphatic rings. The molecular formula is C19H27NO10. The van der Waals surface area contributed by atoms with E-state index in [1.807, 2.05) is 0 Å². The zero-order valence-corrected chi connectivity index (χ0v) is 16.7. The Balaban J connectivity index is 2.01. The van der Waals surface area contributed by atoms with Crippen LogP contribution in [0.15, 0.2) is 0 Å². The highest BCUT2D eigenvalue weighted by molar-refractivity contribution is 5.82. The van der Waals surface area contributed by atoms with Crippen molar-refractivity contribution in [1.82, 2.24) is 0 Å². The molecule has 168 valence electrons. The van der Waals surface area contributed by atoms with E-state index in [1.54, 1.807) is 6.92 Å². The monoisotopic (exact) mass is 429 g/mol. The van der Waals surface area contributed by atoms with E-state index in [9.17, 15) is 39.5 Å². The van der Waals surface area contributed by atoms with Gasteiger partial charge in [0.05, 0.1) is 23.7 Å². The van der Waals surface area contributed by atoms with Crippen molar-refractivity contribution in [1.29, 1.82) is 0 Å². The molecule has 2 N–H and O–H groups in total. The fourth-order valence-corrected chi connectivity index (χ4v) is 4.23. The summed E-state index contributed by atoms with van der Waals surface area (Å²) in [5.41, 5.74) is 0. The van der Waals surface area contributed by atoms with Gasteiger partial charge in [-0.3, -0.25) is 29.3 Å². The Hall–Kier alpha value is -2.72. The summed E-state index contributed by atoms with van der Waals surface area (Å²) in [6.45, 7) is 1.60. The van der Waals surface area contributed by atoms with E-state index in [4.69, 9.17) is 9.47 Å². The van der Waals surface area contributed by atoms with Gasteiger partial charge in [0.2, 0.25) is 12.3 Å². The number of nitrogens with zero attached hydrogens (tertiary/aromatic N) is 1. The van der Waals surface area contributed by atoms with Gasteiger partial charge in [0.1, 0.15) is 0 Å². The van der Waals surface area contributed by atoms with Gasteiger partial charge in [-0.2, -0.15) is 0 Å². The summed E-state index contributed by atoms with van der Waals surface area (Å²) >= 11 is 0. The van der Waals surface area contributed by atoms with Gasteiger partial charge in [-0.25, -0.2) is 0 Å². The number of carboxylic acids is 2. The maximum Gasteiger partial charge on any atom is 0.312 e. The number of nitro groups is 1. The minimum atomic E-state index is -1.32. The lowest BCUT2D eigenvalue weighted by Gasteiger charge is -2.31. The van der Waals surface area contributed by atoms with Gasteiger partial charge >= 0.3 is 23.9 Å². The molecule has 0 aromatic heterocycles. The zero-order chi connectivity index (χ0) is 22.4. The van der Waals surface area contributed by atoms with Crippen molar-refractivity contribution in [2.24, 2.45) is 23.7 Å². The molecule has 11 heteroatoms. The molecule has 0 spiro atoms. The topological polar surface area (TPSA) is 170 Å². The van der Waals surface area contributed by atoms with Crippen molar-refractivity contribution in [3.8, 4) is 0 Å². The standard InChI is InChI=1S/C19H27NO10/c1-2-15(29-18(25)12-6-4-3-5-11(12)16(21)22)30-19(26)13-8-7-10(20(27)28)9-14(13)17(23)24/h10-15H,2-9H2,1H3,(H,21,22)(H,23,24). The Morgan fingerprint density at radius 3 is 1.87 bits per heavy atom. The third kappa shape index (κ3) is 5.67. The third-order valence-electron chi connectivity index (χ3n) is 5.96. The van der Waals surface area contributed by atoms with Crippen LogP contribution >= 0.6 is 0 Å².